The molecule has 0 unspecified atom stereocenters. The first-order valence-electron chi connectivity index (χ1n) is 6.31. The smallest absolute Gasteiger partial charge is 0.128 e. The van der Waals surface area contributed by atoms with Crippen LogP contribution in [0.3, 0.4) is 0 Å². The average Bonchev–Trinajstić information content (AvgIpc) is 3.06. The molecule has 94 valence electrons. The molecule has 0 radical (unpaired) electrons. The predicted molar refractivity (Wildman–Crippen MR) is 73.7 cm³/mol. The number of hydrogen-bond donors (Lipinski definition) is 0. The molecule has 0 saturated carbocycles. The molecule has 0 amide bonds. The largest absolute Gasteiger partial charge is 0.340 e. The van der Waals surface area contributed by atoms with Gasteiger partial charge >= 0.3 is 0 Å². The summed E-state index contributed by atoms with van der Waals surface area (Å²) in [5, 5.41) is 10.1. The molecule has 0 fully saturated rings. The minimum absolute atomic E-state index is 0.686. The zero-order valence-corrected chi connectivity index (χ0v) is 10.7. The Hall–Kier alpha value is -2.54. The molecule has 0 bridgehead atoms. The summed E-state index contributed by atoms with van der Waals surface area (Å²) >= 11 is 0. The highest BCUT2D eigenvalue weighted by atomic mass is 15.1. The van der Waals surface area contributed by atoms with Gasteiger partial charge in [-0.15, -0.1) is 0 Å². The van der Waals surface area contributed by atoms with Crippen molar-refractivity contribution in [3.8, 4) is 6.07 Å². The predicted octanol–water partition coefficient (Wildman–Crippen LogP) is 2.78. The monoisotopic (exact) mass is 250 g/mol. The van der Waals surface area contributed by atoms with Gasteiger partial charge in [0.2, 0.25) is 0 Å². The second-order valence-electron chi connectivity index (χ2n) is 4.46. The molecule has 1 aromatic carbocycles. The van der Waals surface area contributed by atoms with E-state index >= 15 is 0 Å². The van der Waals surface area contributed by atoms with Crippen molar-refractivity contribution < 1.29 is 0 Å². The molecule has 0 saturated heterocycles. The van der Waals surface area contributed by atoms with E-state index in [9.17, 15) is 0 Å². The van der Waals surface area contributed by atoms with Gasteiger partial charge in [-0.1, -0.05) is 6.07 Å². The summed E-state index contributed by atoms with van der Waals surface area (Å²) in [5.74, 6) is 1.03. The summed E-state index contributed by atoms with van der Waals surface area (Å²) in [7, 11) is 0. The number of nitriles is 1. The van der Waals surface area contributed by atoms with Crippen molar-refractivity contribution >= 4 is 10.9 Å². The zero-order chi connectivity index (χ0) is 13.2. The van der Waals surface area contributed by atoms with E-state index in [2.05, 4.69) is 33.2 Å². The molecule has 4 heteroatoms. The third-order valence-corrected chi connectivity index (χ3v) is 3.36. The molecule has 0 N–H and O–H groups in total. The molecule has 2 aromatic heterocycles. The fourth-order valence-corrected chi connectivity index (χ4v) is 2.32. The van der Waals surface area contributed by atoms with Crippen molar-refractivity contribution in [2.24, 2.45) is 0 Å². The lowest BCUT2D eigenvalue weighted by atomic mass is 10.2. The Kier molecular flexibility index (Phi) is 2.81. The van der Waals surface area contributed by atoms with E-state index in [-0.39, 0.29) is 0 Å². The van der Waals surface area contributed by atoms with E-state index < -0.39 is 0 Å². The van der Waals surface area contributed by atoms with E-state index in [1.54, 1.807) is 0 Å². The Morgan fingerprint density at radius 2 is 2.11 bits per heavy atom. The van der Waals surface area contributed by atoms with E-state index in [0.717, 1.165) is 29.8 Å². The summed E-state index contributed by atoms with van der Waals surface area (Å²) < 4.78 is 4.25. The Labute approximate surface area is 111 Å². The summed E-state index contributed by atoms with van der Waals surface area (Å²) in [6, 6.07) is 10.0. The zero-order valence-electron chi connectivity index (χ0n) is 10.7. The maximum Gasteiger partial charge on any atom is 0.128 e. The molecule has 0 atom stereocenters. The SMILES string of the molecule is CCn1ccnc1Cn1ccc2ccc(C#N)cc21. The molecule has 19 heavy (non-hydrogen) atoms. The van der Waals surface area contributed by atoms with Gasteiger partial charge < -0.3 is 9.13 Å². The number of aryl methyl sites for hydroxylation is 1. The van der Waals surface area contributed by atoms with Crippen LogP contribution < -0.4 is 0 Å². The maximum atomic E-state index is 8.99. The van der Waals surface area contributed by atoms with Crippen molar-refractivity contribution in [3.63, 3.8) is 0 Å². The summed E-state index contributed by atoms with van der Waals surface area (Å²) in [6.07, 6.45) is 5.85. The van der Waals surface area contributed by atoms with E-state index in [1.165, 1.54) is 0 Å². The van der Waals surface area contributed by atoms with Crippen LogP contribution in [-0.2, 0) is 13.1 Å². The molecule has 3 aromatic rings. The van der Waals surface area contributed by atoms with Gasteiger partial charge in [-0.3, -0.25) is 0 Å². The number of fused-ring (bicyclic) bond motifs is 1. The third kappa shape index (κ3) is 2.00. The van der Waals surface area contributed by atoms with Gasteiger partial charge in [-0.05, 0) is 30.5 Å². The van der Waals surface area contributed by atoms with Crippen molar-refractivity contribution in [2.45, 2.75) is 20.0 Å². The lowest BCUT2D eigenvalue weighted by molar-refractivity contribution is 0.662. The van der Waals surface area contributed by atoms with Gasteiger partial charge in [0.1, 0.15) is 5.82 Å². The average molecular weight is 250 g/mol. The highest BCUT2D eigenvalue weighted by molar-refractivity contribution is 5.81. The summed E-state index contributed by atoms with van der Waals surface area (Å²) in [6.45, 7) is 3.74. The molecule has 3 rings (SSSR count). The van der Waals surface area contributed by atoms with Gasteiger partial charge in [-0.25, -0.2) is 4.98 Å². The highest BCUT2D eigenvalue weighted by Gasteiger charge is 2.06. The molecule has 2 heterocycles. The third-order valence-electron chi connectivity index (χ3n) is 3.36. The van der Waals surface area contributed by atoms with E-state index in [4.69, 9.17) is 5.26 Å². The van der Waals surface area contributed by atoms with E-state index in [1.807, 2.05) is 36.8 Å². The van der Waals surface area contributed by atoms with Crippen LogP contribution in [-0.4, -0.2) is 14.1 Å². The van der Waals surface area contributed by atoms with Crippen LogP contribution in [0, 0.1) is 11.3 Å². The highest BCUT2D eigenvalue weighted by Crippen LogP contribution is 2.18. The van der Waals surface area contributed by atoms with Crippen LogP contribution in [0.1, 0.15) is 18.3 Å². The number of aromatic nitrogens is 3. The molecule has 0 aliphatic carbocycles. The van der Waals surface area contributed by atoms with Gasteiger partial charge in [0.25, 0.3) is 0 Å². The first-order valence-corrected chi connectivity index (χ1v) is 6.31. The Morgan fingerprint density at radius 1 is 1.21 bits per heavy atom. The first-order chi connectivity index (χ1) is 9.31. The Morgan fingerprint density at radius 3 is 2.89 bits per heavy atom. The van der Waals surface area contributed by atoms with Crippen LogP contribution >= 0.6 is 0 Å². The van der Waals surface area contributed by atoms with Crippen LogP contribution in [0.15, 0.2) is 42.9 Å². The maximum absolute atomic E-state index is 8.99. The second-order valence-corrected chi connectivity index (χ2v) is 4.46. The number of rotatable bonds is 3. The van der Waals surface area contributed by atoms with Gasteiger partial charge in [0.05, 0.1) is 18.2 Å². The molecule has 0 aliphatic rings. The van der Waals surface area contributed by atoms with Gasteiger partial charge in [0.15, 0.2) is 0 Å². The van der Waals surface area contributed by atoms with Gasteiger partial charge in [0, 0.05) is 30.7 Å². The van der Waals surface area contributed by atoms with Crippen molar-refractivity contribution in [3.05, 3.63) is 54.2 Å². The summed E-state index contributed by atoms with van der Waals surface area (Å²) in [4.78, 5) is 4.39. The topological polar surface area (TPSA) is 46.5 Å². The van der Waals surface area contributed by atoms with Crippen molar-refractivity contribution in [1.82, 2.24) is 14.1 Å². The molecular weight excluding hydrogens is 236 g/mol. The fraction of sp³-hybridized carbons (Fsp3) is 0.200. The van der Waals surface area contributed by atoms with Crippen LogP contribution in [0.2, 0.25) is 0 Å². The second kappa shape index (κ2) is 4.62. The molecule has 0 aliphatic heterocycles. The van der Waals surface area contributed by atoms with Crippen LogP contribution in [0.4, 0.5) is 0 Å². The summed E-state index contributed by atoms with van der Waals surface area (Å²) in [5.41, 5.74) is 1.76. The Balaban J connectivity index is 2.04. The quantitative estimate of drug-likeness (QED) is 0.717. The normalized spacial score (nSPS) is 10.7. The van der Waals surface area contributed by atoms with Crippen molar-refractivity contribution in [1.29, 1.82) is 5.26 Å². The minimum Gasteiger partial charge on any atom is -0.340 e. The number of benzene rings is 1. The van der Waals surface area contributed by atoms with E-state index in [0.29, 0.717) is 5.56 Å². The first kappa shape index (κ1) is 11.5. The number of nitrogens with zero attached hydrogens (tertiary/aromatic N) is 4. The number of hydrogen-bond acceptors (Lipinski definition) is 2. The molecular formula is C15H14N4. The van der Waals surface area contributed by atoms with Crippen LogP contribution in [0.25, 0.3) is 10.9 Å². The van der Waals surface area contributed by atoms with Crippen LogP contribution in [0.5, 0.6) is 0 Å². The standard InChI is InChI=1S/C15H14N4/c1-2-18-8-6-17-15(18)11-19-7-5-13-4-3-12(10-16)9-14(13)19/h3-9H,2,11H2,1H3. The van der Waals surface area contributed by atoms with Crippen molar-refractivity contribution in [2.75, 3.05) is 0 Å². The lowest BCUT2D eigenvalue weighted by Crippen LogP contribution is -2.06. The van der Waals surface area contributed by atoms with Gasteiger partial charge in [-0.2, -0.15) is 5.26 Å². The number of imidazole rings is 1. The molecule has 0 spiro atoms. The lowest BCUT2D eigenvalue weighted by Gasteiger charge is -2.07. The Bertz CT molecular complexity index is 758. The molecule has 4 nitrogen and oxygen atoms in total. The fourth-order valence-electron chi connectivity index (χ4n) is 2.32. The minimum atomic E-state index is 0.686.